The molecule has 100 valence electrons. The van der Waals surface area contributed by atoms with E-state index in [1.807, 2.05) is 0 Å². The molecule has 0 aromatic heterocycles. The average Bonchev–Trinajstić information content (AvgIpc) is 2.28. The van der Waals surface area contributed by atoms with E-state index in [1.165, 1.54) is 13.2 Å². The van der Waals surface area contributed by atoms with Crippen LogP contribution in [0.5, 0.6) is 0 Å². The molecule has 0 aliphatic heterocycles. The van der Waals surface area contributed by atoms with Crippen LogP contribution in [-0.2, 0) is 4.74 Å². The van der Waals surface area contributed by atoms with Crippen molar-refractivity contribution in [2.24, 2.45) is 0 Å². The molecule has 0 saturated carbocycles. The van der Waals surface area contributed by atoms with Crippen molar-refractivity contribution in [3.05, 3.63) is 28.8 Å². The Morgan fingerprint density at radius 1 is 1.56 bits per heavy atom. The minimum absolute atomic E-state index is 0.0218. The Kier molecular flexibility index (Phi) is 5.91. The lowest BCUT2D eigenvalue weighted by molar-refractivity contribution is 0.0879. The van der Waals surface area contributed by atoms with Gasteiger partial charge < -0.3 is 20.9 Å². The van der Waals surface area contributed by atoms with Gasteiger partial charge in [0.25, 0.3) is 5.91 Å². The van der Waals surface area contributed by atoms with Gasteiger partial charge in [-0.15, -0.1) is 0 Å². The van der Waals surface area contributed by atoms with Crippen molar-refractivity contribution in [2.75, 3.05) is 26.1 Å². The quantitative estimate of drug-likeness (QED) is 0.676. The van der Waals surface area contributed by atoms with E-state index in [0.717, 1.165) is 0 Å². The first-order valence-electron chi connectivity index (χ1n) is 5.53. The molecule has 0 heterocycles. The van der Waals surface area contributed by atoms with Gasteiger partial charge in [0.2, 0.25) is 0 Å². The summed E-state index contributed by atoms with van der Waals surface area (Å²) in [6, 6.07) is 4.41. The van der Waals surface area contributed by atoms with E-state index in [0.29, 0.717) is 29.3 Å². The lowest BCUT2D eigenvalue weighted by Gasteiger charge is -2.17. The largest absolute Gasteiger partial charge is 0.399 e. The van der Waals surface area contributed by atoms with Gasteiger partial charge in [0, 0.05) is 30.0 Å². The first kappa shape index (κ1) is 14.8. The third kappa shape index (κ3) is 4.52. The van der Waals surface area contributed by atoms with E-state index in [9.17, 15) is 4.79 Å². The first-order valence-corrected chi connectivity index (χ1v) is 5.91. The summed E-state index contributed by atoms with van der Waals surface area (Å²) in [5, 5.41) is 12.0. The summed E-state index contributed by atoms with van der Waals surface area (Å²) in [6.45, 7) is 0.314. The zero-order valence-corrected chi connectivity index (χ0v) is 10.9. The van der Waals surface area contributed by atoms with Gasteiger partial charge in [0.05, 0.1) is 12.6 Å². The smallest absolute Gasteiger partial charge is 0.251 e. The molecule has 18 heavy (non-hydrogen) atoms. The third-order valence-corrected chi connectivity index (χ3v) is 2.58. The molecule has 0 bridgehead atoms. The fourth-order valence-corrected chi connectivity index (χ4v) is 1.81. The number of anilines is 1. The number of amides is 1. The van der Waals surface area contributed by atoms with Crippen LogP contribution in [0.2, 0.25) is 5.02 Å². The maximum absolute atomic E-state index is 11.9. The molecule has 0 spiro atoms. The summed E-state index contributed by atoms with van der Waals surface area (Å²) in [5.41, 5.74) is 6.43. The maximum atomic E-state index is 11.9. The number of hydrogen-bond donors (Lipinski definition) is 3. The number of aliphatic hydroxyl groups is 1. The topological polar surface area (TPSA) is 84.6 Å². The molecule has 5 nitrogen and oxygen atoms in total. The number of nitrogens with one attached hydrogen (secondary N) is 1. The minimum atomic E-state index is -0.292. The normalized spacial score (nSPS) is 12.2. The van der Waals surface area contributed by atoms with Crippen molar-refractivity contribution in [2.45, 2.75) is 12.5 Å². The van der Waals surface area contributed by atoms with Gasteiger partial charge >= 0.3 is 0 Å². The second kappa shape index (κ2) is 7.20. The van der Waals surface area contributed by atoms with Crippen molar-refractivity contribution >= 4 is 23.2 Å². The van der Waals surface area contributed by atoms with E-state index < -0.39 is 0 Å². The average molecular weight is 273 g/mol. The highest BCUT2D eigenvalue weighted by molar-refractivity contribution is 6.31. The highest BCUT2D eigenvalue weighted by Crippen LogP contribution is 2.16. The molecule has 1 unspecified atom stereocenters. The van der Waals surface area contributed by atoms with E-state index in [-0.39, 0.29) is 18.6 Å². The Balaban J connectivity index is 2.73. The summed E-state index contributed by atoms with van der Waals surface area (Å²) in [4.78, 5) is 11.9. The molecular weight excluding hydrogens is 256 g/mol. The standard InChI is InChI=1S/C12H17ClN2O3/c1-18-7-11(2-3-16)15-12(17)8-4-9(13)6-10(14)5-8/h4-6,11,16H,2-3,7,14H2,1H3,(H,15,17). The predicted octanol–water partition coefficient (Wildman–Crippen LogP) is 1.05. The Bertz CT molecular complexity index is 386. The molecule has 0 radical (unpaired) electrons. The number of aliphatic hydroxyl groups excluding tert-OH is 1. The number of halogens is 1. The lowest BCUT2D eigenvalue weighted by Crippen LogP contribution is -2.38. The molecule has 0 saturated heterocycles. The maximum Gasteiger partial charge on any atom is 0.251 e. The van der Waals surface area contributed by atoms with Crippen molar-refractivity contribution in [3.63, 3.8) is 0 Å². The molecule has 0 aliphatic carbocycles. The summed E-state index contributed by atoms with van der Waals surface area (Å²) in [7, 11) is 1.54. The summed E-state index contributed by atoms with van der Waals surface area (Å²) in [6.07, 6.45) is 0.426. The number of benzene rings is 1. The van der Waals surface area contributed by atoms with Crippen LogP contribution in [0, 0.1) is 0 Å². The summed E-state index contributed by atoms with van der Waals surface area (Å²) >= 11 is 5.83. The fraction of sp³-hybridized carbons (Fsp3) is 0.417. The van der Waals surface area contributed by atoms with Crippen LogP contribution in [0.1, 0.15) is 16.8 Å². The van der Waals surface area contributed by atoms with Crippen LogP contribution < -0.4 is 11.1 Å². The molecule has 1 rings (SSSR count). The van der Waals surface area contributed by atoms with Gasteiger partial charge in [-0.3, -0.25) is 4.79 Å². The number of nitrogens with two attached hydrogens (primary N) is 1. The van der Waals surface area contributed by atoms with Crippen LogP contribution in [0.15, 0.2) is 18.2 Å². The number of carbonyl (C=O) groups is 1. The molecule has 1 aromatic carbocycles. The molecule has 1 amide bonds. The second-order valence-corrected chi connectivity index (χ2v) is 4.35. The summed E-state index contributed by atoms with van der Waals surface area (Å²) < 4.78 is 4.96. The van der Waals surface area contributed by atoms with E-state index >= 15 is 0 Å². The predicted molar refractivity (Wildman–Crippen MR) is 70.7 cm³/mol. The Labute approximate surface area is 111 Å². The van der Waals surface area contributed by atoms with Crippen LogP contribution in [0.4, 0.5) is 5.69 Å². The highest BCUT2D eigenvalue weighted by Gasteiger charge is 2.14. The van der Waals surface area contributed by atoms with Crippen LogP contribution in [-0.4, -0.2) is 37.4 Å². The Morgan fingerprint density at radius 2 is 2.28 bits per heavy atom. The van der Waals surface area contributed by atoms with Crippen LogP contribution in [0.25, 0.3) is 0 Å². The van der Waals surface area contributed by atoms with Crippen LogP contribution in [0.3, 0.4) is 0 Å². The number of methoxy groups -OCH3 is 1. The van der Waals surface area contributed by atoms with Crippen molar-refractivity contribution in [1.82, 2.24) is 5.32 Å². The van der Waals surface area contributed by atoms with E-state index in [2.05, 4.69) is 5.32 Å². The van der Waals surface area contributed by atoms with Crippen molar-refractivity contribution in [1.29, 1.82) is 0 Å². The SMILES string of the molecule is COCC(CCO)NC(=O)c1cc(N)cc(Cl)c1. The lowest BCUT2D eigenvalue weighted by atomic mass is 10.1. The molecular formula is C12H17ClN2O3. The van der Waals surface area contributed by atoms with Gasteiger partial charge in [0.15, 0.2) is 0 Å². The summed E-state index contributed by atoms with van der Waals surface area (Å²) in [5.74, 6) is -0.292. The molecule has 0 aliphatic rings. The second-order valence-electron chi connectivity index (χ2n) is 3.91. The number of ether oxygens (including phenoxy) is 1. The van der Waals surface area contributed by atoms with Gasteiger partial charge in [0.1, 0.15) is 0 Å². The van der Waals surface area contributed by atoms with Crippen LogP contribution >= 0.6 is 11.6 Å². The van der Waals surface area contributed by atoms with Gasteiger partial charge in [-0.1, -0.05) is 11.6 Å². The minimum Gasteiger partial charge on any atom is -0.399 e. The van der Waals surface area contributed by atoms with Gasteiger partial charge in [-0.05, 0) is 24.6 Å². The Hall–Kier alpha value is -1.30. The van der Waals surface area contributed by atoms with E-state index in [4.69, 9.17) is 27.2 Å². The zero-order chi connectivity index (χ0) is 13.5. The first-order chi connectivity index (χ1) is 8.56. The molecule has 0 fully saturated rings. The molecule has 1 aromatic rings. The fourth-order valence-electron chi connectivity index (χ4n) is 1.57. The van der Waals surface area contributed by atoms with Crippen molar-refractivity contribution < 1.29 is 14.6 Å². The van der Waals surface area contributed by atoms with Gasteiger partial charge in [-0.2, -0.15) is 0 Å². The van der Waals surface area contributed by atoms with Crippen molar-refractivity contribution in [3.8, 4) is 0 Å². The number of hydrogen-bond acceptors (Lipinski definition) is 4. The number of carbonyl (C=O) groups excluding carboxylic acids is 1. The third-order valence-electron chi connectivity index (χ3n) is 2.36. The highest BCUT2D eigenvalue weighted by atomic mass is 35.5. The van der Waals surface area contributed by atoms with E-state index in [1.54, 1.807) is 12.1 Å². The zero-order valence-electron chi connectivity index (χ0n) is 10.1. The number of rotatable bonds is 6. The Morgan fingerprint density at radius 3 is 2.83 bits per heavy atom. The van der Waals surface area contributed by atoms with Gasteiger partial charge in [-0.25, -0.2) is 0 Å². The molecule has 4 N–H and O–H groups in total. The monoisotopic (exact) mass is 272 g/mol. The molecule has 6 heteroatoms. The molecule has 1 atom stereocenters. The number of nitrogen functional groups attached to an aromatic ring is 1.